The summed E-state index contributed by atoms with van der Waals surface area (Å²) in [5.74, 6) is -0.313. The summed E-state index contributed by atoms with van der Waals surface area (Å²) in [6.07, 6.45) is 0.522. The van der Waals surface area contributed by atoms with Crippen LogP contribution in [0.3, 0.4) is 0 Å². The topological polar surface area (TPSA) is 93.2 Å². The van der Waals surface area contributed by atoms with Gasteiger partial charge in [-0.2, -0.15) is 0 Å². The molecule has 1 amide bonds. The predicted octanol–water partition coefficient (Wildman–Crippen LogP) is 3.73. The van der Waals surface area contributed by atoms with Crippen LogP contribution in [0.5, 0.6) is 0 Å². The number of benzene rings is 1. The first kappa shape index (κ1) is 21.5. The highest BCUT2D eigenvalue weighted by Crippen LogP contribution is 2.30. The molecule has 7 nitrogen and oxygen atoms in total. The second-order valence-corrected chi connectivity index (χ2v) is 8.65. The van der Waals surface area contributed by atoms with Gasteiger partial charge in [0.25, 0.3) is 0 Å². The third-order valence-corrected chi connectivity index (χ3v) is 5.68. The normalized spacial score (nSPS) is 11.9. The molecule has 0 saturated carbocycles. The molecule has 27 heavy (non-hydrogen) atoms. The molecule has 0 aliphatic carbocycles. The van der Waals surface area contributed by atoms with Crippen LogP contribution in [0, 0.1) is 5.92 Å². The Bertz CT molecular complexity index is 785. The van der Waals surface area contributed by atoms with E-state index in [4.69, 9.17) is 16.3 Å². The van der Waals surface area contributed by atoms with E-state index in [9.17, 15) is 9.59 Å². The van der Waals surface area contributed by atoms with Gasteiger partial charge in [-0.3, -0.25) is 4.79 Å². The minimum absolute atomic E-state index is 0.131. The maximum Gasteiger partial charge on any atom is 0.328 e. The molecule has 1 aromatic carbocycles. The molecule has 1 atom stereocenters. The number of rotatable bonds is 9. The molecule has 2 rings (SSSR count). The standard InChI is InChI=1S/C17H21ClN4O3S2/c1-10(2)8-13(15(24)25-3)19-14(23)9-26-17-22-21-16(27-17)20-12-7-5-4-6-11(12)18/h4-7,10,13H,8-9H2,1-3H3,(H,19,23)(H,20,21). The van der Waals surface area contributed by atoms with Crippen molar-refractivity contribution in [3.8, 4) is 0 Å². The second kappa shape index (κ2) is 10.5. The van der Waals surface area contributed by atoms with Crippen LogP contribution in [0.2, 0.25) is 5.02 Å². The van der Waals surface area contributed by atoms with E-state index in [0.717, 1.165) is 5.69 Å². The molecule has 146 valence electrons. The van der Waals surface area contributed by atoms with Gasteiger partial charge in [0.05, 0.1) is 23.6 Å². The first-order valence-corrected chi connectivity index (χ1v) is 10.4. The number of hydrogen-bond acceptors (Lipinski definition) is 8. The van der Waals surface area contributed by atoms with Crippen molar-refractivity contribution >= 4 is 57.4 Å². The molecule has 0 radical (unpaired) electrons. The number of hydrogen-bond donors (Lipinski definition) is 2. The van der Waals surface area contributed by atoms with Crippen LogP contribution in [0.1, 0.15) is 20.3 Å². The number of aromatic nitrogens is 2. The smallest absolute Gasteiger partial charge is 0.328 e. The molecular weight excluding hydrogens is 408 g/mol. The van der Waals surface area contributed by atoms with Crippen LogP contribution < -0.4 is 10.6 Å². The number of anilines is 2. The van der Waals surface area contributed by atoms with Gasteiger partial charge < -0.3 is 15.4 Å². The fourth-order valence-corrected chi connectivity index (χ4v) is 3.95. The molecule has 0 saturated heterocycles. The Kier molecular flexibility index (Phi) is 8.33. The third kappa shape index (κ3) is 7.00. The maximum atomic E-state index is 12.2. The number of ether oxygens (including phenoxy) is 1. The van der Waals surface area contributed by atoms with Crippen molar-refractivity contribution in [1.82, 2.24) is 15.5 Å². The number of halogens is 1. The molecule has 0 bridgehead atoms. The molecule has 1 unspecified atom stereocenters. The fraction of sp³-hybridized carbons (Fsp3) is 0.412. The summed E-state index contributed by atoms with van der Waals surface area (Å²) in [6, 6.07) is 6.68. The van der Waals surface area contributed by atoms with Gasteiger partial charge in [0.2, 0.25) is 11.0 Å². The van der Waals surface area contributed by atoms with Crippen molar-refractivity contribution in [2.45, 2.75) is 30.6 Å². The number of para-hydroxylation sites is 1. The van der Waals surface area contributed by atoms with E-state index in [0.29, 0.717) is 20.9 Å². The summed E-state index contributed by atoms with van der Waals surface area (Å²) < 4.78 is 5.38. The summed E-state index contributed by atoms with van der Waals surface area (Å²) in [7, 11) is 1.31. The van der Waals surface area contributed by atoms with Gasteiger partial charge in [-0.25, -0.2) is 4.79 Å². The lowest BCUT2D eigenvalue weighted by Crippen LogP contribution is -2.43. The van der Waals surface area contributed by atoms with E-state index in [1.54, 1.807) is 6.07 Å². The van der Waals surface area contributed by atoms with Gasteiger partial charge in [-0.15, -0.1) is 10.2 Å². The molecule has 2 N–H and O–H groups in total. The van der Waals surface area contributed by atoms with E-state index in [2.05, 4.69) is 20.8 Å². The Labute approximate surface area is 171 Å². The van der Waals surface area contributed by atoms with Gasteiger partial charge in [-0.1, -0.05) is 60.7 Å². The van der Waals surface area contributed by atoms with Crippen molar-refractivity contribution in [2.75, 3.05) is 18.2 Å². The molecule has 1 aromatic heterocycles. The molecule has 0 aliphatic rings. The molecule has 0 fully saturated rings. The van der Waals surface area contributed by atoms with Gasteiger partial charge in [0.15, 0.2) is 4.34 Å². The summed E-state index contributed by atoms with van der Waals surface area (Å²) in [6.45, 7) is 3.96. The van der Waals surface area contributed by atoms with Gasteiger partial charge in [0.1, 0.15) is 6.04 Å². The number of methoxy groups -OCH3 is 1. The highest BCUT2D eigenvalue weighted by atomic mass is 35.5. The van der Waals surface area contributed by atoms with Crippen LogP contribution in [0.15, 0.2) is 28.6 Å². The highest BCUT2D eigenvalue weighted by molar-refractivity contribution is 8.01. The van der Waals surface area contributed by atoms with Gasteiger partial charge in [-0.05, 0) is 24.5 Å². The highest BCUT2D eigenvalue weighted by Gasteiger charge is 2.22. The average Bonchev–Trinajstić information content (AvgIpc) is 3.08. The van der Waals surface area contributed by atoms with E-state index in [-0.39, 0.29) is 17.6 Å². The quantitative estimate of drug-likeness (QED) is 0.464. The van der Waals surface area contributed by atoms with E-state index >= 15 is 0 Å². The number of thioether (sulfide) groups is 1. The Morgan fingerprint density at radius 1 is 1.30 bits per heavy atom. The van der Waals surface area contributed by atoms with Gasteiger partial charge in [0, 0.05) is 0 Å². The number of amides is 1. The monoisotopic (exact) mass is 428 g/mol. The van der Waals surface area contributed by atoms with Crippen LogP contribution >= 0.6 is 34.7 Å². The van der Waals surface area contributed by atoms with Gasteiger partial charge >= 0.3 is 5.97 Å². The molecule has 0 spiro atoms. The zero-order chi connectivity index (χ0) is 19.8. The Morgan fingerprint density at radius 2 is 2.04 bits per heavy atom. The fourth-order valence-electron chi connectivity index (χ4n) is 2.19. The van der Waals surface area contributed by atoms with Crippen LogP contribution in [0.4, 0.5) is 10.8 Å². The Balaban J connectivity index is 1.87. The molecule has 0 aliphatic heterocycles. The third-order valence-electron chi connectivity index (χ3n) is 3.38. The lowest BCUT2D eigenvalue weighted by molar-refractivity contribution is -0.145. The Morgan fingerprint density at radius 3 is 2.70 bits per heavy atom. The second-order valence-electron chi connectivity index (χ2n) is 6.04. The molecule has 2 aromatic rings. The van der Waals surface area contributed by atoms with Crippen LogP contribution in [0.25, 0.3) is 0 Å². The minimum Gasteiger partial charge on any atom is -0.467 e. The van der Waals surface area contributed by atoms with Crippen molar-refractivity contribution in [2.24, 2.45) is 5.92 Å². The maximum absolute atomic E-state index is 12.2. The van der Waals surface area contributed by atoms with Crippen molar-refractivity contribution in [3.05, 3.63) is 29.3 Å². The lowest BCUT2D eigenvalue weighted by Gasteiger charge is -2.17. The predicted molar refractivity (Wildman–Crippen MR) is 109 cm³/mol. The largest absolute Gasteiger partial charge is 0.467 e. The SMILES string of the molecule is COC(=O)C(CC(C)C)NC(=O)CSc1nnc(Nc2ccccc2Cl)s1. The number of carbonyl (C=O) groups is 2. The summed E-state index contributed by atoms with van der Waals surface area (Å²) in [5.41, 5.74) is 0.735. The van der Waals surface area contributed by atoms with E-state index in [1.807, 2.05) is 32.0 Å². The van der Waals surface area contributed by atoms with E-state index in [1.165, 1.54) is 30.2 Å². The summed E-state index contributed by atoms with van der Waals surface area (Å²) in [4.78, 5) is 23.9. The van der Waals surface area contributed by atoms with E-state index < -0.39 is 12.0 Å². The zero-order valence-electron chi connectivity index (χ0n) is 15.2. The first-order valence-electron chi connectivity index (χ1n) is 8.24. The first-order chi connectivity index (χ1) is 12.9. The van der Waals surface area contributed by atoms with Crippen LogP contribution in [-0.4, -0.2) is 41.0 Å². The molecule has 1 heterocycles. The number of carbonyl (C=O) groups excluding carboxylic acids is 2. The van der Waals surface area contributed by atoms with Crippen molar-refractivity contribution in [3.63, 3.8) is 0 Å². The minimum atomic E-state index is -0.644. The number of esters is 1. The van der Waals surface area contributed by atoms with Crippen molar-refractivity contribution < 1.29 is 14.3 Å². The summed E-state index contributed by atoms with van der Waals surface area (Å²) in [5, 5.41) is 15.1. The molecule has 10 heteroatoms. The zero-order valence-corrected chi connectivity index (χ0v) is 17.6. The van der Waals surface area contributed by atoms with Crippen LogP contribution in [-0.2, 0) is 14.3 Å². The lowest BCUT2D eigenvalue weighted by atomic mass is 10.0. The Hall–Kier alpha value is -1.84. The van der Waals surface area contributed by atoms with Crippen molar-refractivity contribution in [1.29, 1.82) is 0 Å². The number of nitrogens with zero attached hydrogens (tertiary/aromatic N) is 2. The summed E-state index contributed by atoms with van der Waals surface area (Å²) >= 11 is 8.67. The molecular formula is C17H21ClN4O3S2. The average molecular weight is 429 g/mol. The number of nitrogens with one attached hydrogen (secondary N) is 2.